The standard InChI is InChI=1S/C29H29ClF3N7O3/c1-16-13-36-26(29(4)5-6-34-28(37-29)39-9-7-38(8-10-39)18(3)41)24(33)25(16)40-17(2)11-22(23(30)27(40)42)43-15-21-20(32)12-19(31)14-35-21/h5-6,11-14H,7-10,15H2,1-4H3,(H,34,37). The summed E-state index contributed by atoms with van der Waals surface area (Å²) in [6, 6.07) is 2.10. The maximum Gasteiger partial charge on any atom is 0.278 e. The number of halogens is 4. The Morgan fingerprint density at radius 1 is 1.12 bits per heavy atom. The fourth-order valence-electron chi connectivity index (χ4n) is 5.06. The Morgan fingerprint density at radius 2 is 1.84 bits per heavy atom. The first-order chi connectivity index (χ1) is 20.4. The maximum absolute atomic E-state index is 16.4. The topological polar surface area (TPSA) is 105 Å². The van der Waals surface area contributed by atoms with Crippen molar-refractivity contribution in [2.75, 3.05) is 26.2 Å². The molecule has 5 heterocycles. The zero-order chi connectivity index (χ0) is 31.1. The van der Waals surface area contributed by atoms with Gasteiger partial charge < -0.3 is 19.9 Å². The quantitative estimate of drug-likeness (QED) is 0.466. The third-order valence-electron chi connectivity index (χ3n) is 7.44. The number of nitrogens with one attached hydrogen (secondary N) is 1. The summed E-state index contributed by atoms with van der Waals surface area (Å²) in [5.74, 6) is -2.03. The number of carbonyl (C=O) groups excluding carboxylic acids is 1. The van der Waals surface area contributed by atoms with Crippen LogP contribution in [0.15, 0.2) is 46.6 Å². The molecule has 0 bridgehead atoms. The summed E-state index contributed by atoms with van der Waals surface area (Å²) in [6.07, 6.45) is 5.57. The van der Waals surface area contributed by atoms with Gasteiger partial charge in [0, 0.05) is 63.3 Å². The SMILES string of the molecule is CC(=O)N1CCN(C2=NC=CC(C)(c3ncc(C)c(-n4c(C)cc(OCc5ncc(F)cc5F)c(Cl)c4=O)c3F)N2)CC1. The van der Waals surface area contributed by atoms with E-state index in [9.17, 15) is 18.4 Å². The number of guanidine groups is 1. The molecule has 0 spiro atoms. The summed E-state index contributed by atoms with van der Waals surface area (Å²) in [5.41, 5.74) is -1.40. The Kier molecular flexibility index (Phi) is 8.19. The smallest absolute Gasteiger partial charge is 0.278 e. The number of rotatable bonds is 5. The summed E-state index contributed by atoms with van der Waals surface area (Å²) in [7, 11) is 0. The highest BCUT2D eigenvalue weighted by molar-refractivity contribution is 6.31. The number of carbonyl (C=O) groups is 1. The molecular weight excluding hydrogens is 587 g/mol. The molecule has 5 rings (SSSR count). The third-order valence-corrected chi connectivity index (χ3v) is 7.79. The summed E-state index contributed by atoms with van der Waals surface area (Å²) in [4.78, 5) is 41.4. The van der Waals surface area contributed by atoms with E-state index in [1.54, 1.807) is 37.9 Å². The van der Waals surface area contributed by atoms with Gasteiger partial charge >= 0.3 is 0 Å². The highest BCUT2D eigenvalue weighted by Gasteiger charge is 2.36. The second kappa shape index (κ2) is 11.7. The number of hydrogen-bond acceptors (Lipinski definition) is 8. The van der Waals surface area contributed by atoms with E-state index in [4.69, 9.17) is 16.3 Å². The molecule has 2 aliphatic heterocycles. The fourth-order valence-corrected chi connectivity index (χ4v) is 5.25. The van der Waals surface area contributed by atoms with Crippen LogP contribution in [0.4, 0.5) is 13.2 Å². The van der Waals surface area contributed by atoms with Gasteiger partial charge in [0.25, 0.3) is 5.56 Å². The van der Waals surface area contributed by atoms with Crippen LogP contribution in [-0.2, 0) is 16.9 Å². The lowest BCUT2D eigenvalue weighted by atomic mass is 9.94. The second-order valence-corrected chi connectivity index (χ2v) is 10.9. The van der Waals surface area contributed by atoms with Gasteiger partial charge in [0.05, 0.1) is 11.9 Å². The molecule has 0 saturated carbocycles. The van der Waals surface area contributed by atoms with Crippen molar-refractivity contribution in [2.45, 2.75) is 39.8 Å². The van der Waals surface area contributed by atoms with Crippen molar-refractivity contribution in [3.05, 3.63) is 92.3 Å². The van der Waals surface area contributed by atoms with Gasteiger partial charge in [-0.3, -0.25) is 24.1 Å². The molecule has 1 saturated heterocycles. The Morgan fingerprint density at radius 3 is 2.51 bits per heavy atom. The molecule has 0 radical (unpaired) electrons. The second-order valence-electron chi connectivity index (χ2n) is 10.5. The van der Waals surface area contributed by atoms with Gasteiger partial charge in [-0.1, -0.05) is 11.6 Å². The average Bonchev–Trinajstić information content (AvgIpc) is 2.96. The van der Waals surface area contributed by atoms with Crippen LogP contribution in [0.5, 0.6) is 5.75 Å². The number of hydrogen-bond donors (Lipinski definition) is 1. The van der Waals surface area contributed by atoms with E-state index < -0.39 is 35.2 Å². The minimum Gasteiger partial charge on any atom is -0.485 e. The van der Waals surface area contributed by atoms with E-state index >= 15 is 4.39 Å². The van der Waals surface area contributed by atoms with Crippen LogP contribution >= 0.6 is 11.6 Å². The van der Waals surface area contributed by atoms with Crippen LogP contribution in [0.1, 0.15) is 36.5 Å². The van der Waals surface area contributed by atoms with Crippen LogP contribution in [0.25, 0.3) is 5.69 Å². The van der Waals surface area contributed by atoms with Gasteiger partial charge in [0.1, 0.15) is 40.1 Å². The van der Waals surface area contributed by atoms with Crippen LogP contribution < -0.4 is 15.6 Å². The van der Waals surface area contributed by atoms with E-state index in [2.05, 4.69) is 20.3 Å². The Balaban J connectivity index is 1.44. The van der Waals surface area contributed by atoms with E-state index in [-0.39, 0.29) is 33.8 Å². The first kappa shape index (κ1) is 30.1. The van der Waals surface area contributed by atoms with Crippen molar-refractivity contribution < 1.29 is 22.7 Å². The van der Waals surface area contributed by atoms with Gasteiger partial charge in [-0.25, -0.2) is 18.2 Å². The lowest BCUT2D eigenvalue weighted by Crippen LogP contribution is -2.57. The highest BCUT2D eigenvalue weighted by Crippen LogP contribution is 2.32. The lowest BCUT2D eigenvalue weighted by Gasteiger charge is -2.40. The molecule has 1 unspecified atom stereocenters. The molecule has 14 heteroatoms. The number of aliphatic imine (C=N–C) groups is 1. The fraction of sp³-hybridized carbons (Fsp3) is 0.345. The predicted octanol–water partition coefficient (Wildman–Crippen LogP) is 3.75. The van der Waals surface area contributed by atoms with Gasteiger partial charge in [-0.05, 0) is 32.4 Å². The minimum absolute atomic E-state index is 0.00500. The van der Waals surface area contributed by atoms with Gasteiger partial charge in [0.2, 0.25) is 5.91 Å². The number of aromatic nitrogens is 3. The van der Waals surface area contributed by atoms with E-state index in [0.29, 0.717) is 49.5 Å². The molecule has 0 aromatic carbocycles. The third kappa shape index (κ3) is 5.81. The van der Waals surface area contributed by atoms with Crippen molar-refractivity contribution >= 4 is 23.5 Å². The van der Waals surface area contributed by atoms with Crippen molar-refractivity contribution in [3.63, 3.8) is 0 Å². The molecule has 0 aliphatic carbocycles. The summed E-state index contributed by atoms with van der Waals surface area (Å²) in [5, 5.41) is 2.92. The number of aryl methyl sites for hydroxylation is 2. The molecule has 1 N–H and O–H groups in total. The summed E-state index contributed by atoms with van der Waals surface area (Å²) in [6.45, 7) is 8.24. The number of ether oxygens (including phenoxy) is 1. The largest absolute Gasteiger partial charge is 0.485 e. The molecule has 3 aromatic rings. The van der Waals surface area contributed by atoms with E-state index in [0.717, 1.165) is 10.8 Å². The molecular formula is C29H29ClF3N7O3. The summed E-state index contributed by atoms with van der Waals surface area (Å²) >= 11 is 6.37. The minimum atomic E-state index is -1.13. The Bertz CT molecular complexity index is 1720. The maximum atomic E-state index is 16.4. The van der Waals surface area contributed by atoms with Crippen LogP contribution in [0.3, 0.4) is 0 Å². The summed E-state index contributed by atoms with van der Waals surface area (Å²) < 4.78 is 50.3. The zero-order valence-electron chi connectivity index (χ0n) is 23.9. The predicted molar refractivity (Wildman–Crippen MR) is 154 cm³/mol. The van der Waals surface area contributed by atoms with Gasteiger partial charge in [-0.2, -0.15) is 0 Å². The Hall–Kier alpha value is -4.39. The van der Waals surface area contributed by atoms with E-state index in [1.807, 2.05) is 4.90 Å². The van der Waals surface area contributed by atoms with Gasteiger partial charge in [-0.15, -0.1) is 0 Å². The van der Waals surface area contributed by atoms with Crippen LogP contribution in [0, 0.1) is 31.3 Å². The monoisotopic (exact) mass is 615 g/mol. The highest BCUT2D eigenvalue weighted by atomic mass is 35.5. The van der Waals surface area contributed by atoms with Crippen molar-refractivity contribution in [1.82, 2.24) is 29.7 Å². The molecule has 1 amide bonds. The first-order valence-corrected chi connectivity index (χ1v) is 13.8. The number of piperazine rings is 1. The van der Waals surface area contributed by atoms with Crippen molar-refractivity contribution in [3.8, 4) is 11.4 Å². The normalized spacial score (nSPS) is 18.4. The molecule has 1 fully saturated rings. The zero-order valence-corrected chi connectivity index (χ0v) is 24.7. The molecule has 10 nitrogen and oxygen atoms in total. The number of pyridine rings is 3. The molecule has 43 heavy (non-hydrogen) atoms. The molecule has 1 atom stereocenters. The van der Waals surface area contributed by atoms with Crippen LogP contribution in [-0.4, -0.2) is 62.4 Å². The first-order valence-electron chi connectivity index (χ1n) is 13.4. The van der Waals surface area contributed by atoms with Crippen molar-refractivity contribution in [1.29, 1.82) is 0 Å². The molecule has 3 aromatic heterocycles. The number of nitrogens with zero attached hydrogens (tertiary/aromatic N) is 6. The molecule has 226 valence electrons. The average molecular weight is 616 g/mol. The Labute approximate surface area is 250 Å². The lowest BCUT2D eigenvalue weighted by molar-refractivity contribution is -0.130. The molecule has 2 aliphatic rings. The van der Waals surface area contributed by atoms with Crippen molar-refractivity contribution in [2.24, 2.45) is 4.99 Å². The van der Waals surface area contributed by atoms with Gasteiger partial charge in [0.15, 0.2) is 17.6 Å². The van der Waals surface area contributed by atoms with Crippen LogP contribution in [0.2, 0.25) is 5.02 Å². The number of amides is 1. The van der Waals surface area contributed by atoms with E-state index in [1.165, 1.54) is 19.2 Å².